The van der Waals surface area contributed by atoms with Crippen LogP contribution in [-0.4, -0.2) is 56.9 Å². The van der Waals surface area contributed by atoms with Crippen LogP contribution in [0, 0.1) is 0 Å². The lowest BCUT2D eigenvalue weighted by Gasteiger charge is -2.43. The van der Waals surface area contributed by atoms with Crippen LogP contribution in [0.4, 0.5) is 0 Å². The smallest absolute Gasteiger partial charge is 0.224 e. The van der Waals surface area contributed by atoms with Gasteiger partial charge in [0.25, 0.3) is 0 Å². The number of aromatic nitrogens is 2. The molecule has 0 radical (unpaired) electrons. The van der Waals surface area contributed by atoms with E-state index in [1.807, 2.05) is 15.7 Å². The van der Waals surface area contributed by atoms with Crippen molar-refractivity contribution < 1.29 is 14.6 Å². The second-order valence-corrected chi connectivity index (χ2v) is 6.28. The van der Waals surface area contributed by atoms with E-state index in [9.17, 15) is 9.90 Å². The molecule has 1 aromatic heterocycles. The van der Waals surface area contributed by atoms with Crippen molar-refractivity contribution in [2.24, 2.45) is 0 Å². The van der Waals surface area contributed by atoms with Crippen molar-refractivity contribution in [1.29, 1.82) is 0 Å². The summed E-state index contributed by atoms with van der Waals surface area (Å²) in [7, 11) is 0. The first-order valence-electron chi connectivity index (χ1n) is 8.24. The number of rotatable bonds is 4. The molecule has 1 N–H and O–H groups in total. The number of ether oxygens (including phenoxy) is 1. The molecule has 6 heteroatoms. The van der Waals surface area contributed by atoms with Crippen molar-refractivity contribution in [3.05, 3.63) is 18.2 Å². The standard InChI is InChI=1S/C16H25N3O3/c1-2-14-17-7-10-18(14)9-5-15(21)19-8-4-13(20)16(12-19)6-3-11-22-16/h7,10,13,20H,2-6,8-9,11-12H2,1H3/t13-,16-/m0/s1. The van der Waals surface area contributed by atoms with Crippen LogP contribution < -0.4 is 0 Å². The normalized spacial score (nSPS) is 28.5. The van der Waals surface area contributed by atoms with Gasteiger partial charge in [-0.3, -0.25) is 4.79 Å². The summed E-state index contributed by atoms with van der Waals surface area (Å²) >= 11 is 0. The Bertz CT molecular complexity index is 522. The van der Waals surface area contributed by atoms with Crippen LogP contribution in [0.25, 0.3) is 0 Å². The van der Waals surface area contributed by atoms with Gasteiger partial charge in [0.1, 0.15) is 11.4 Å². The second-order valence-electron chi connectivity index (χ2n) is 6.28. The van der Waals surface area contributed by atoms with Gasteiger partial charge < -0.3 is 19.3 Å². The maximum atomic E-state index is 12.5. The lowest BCUT2D eigenvalue weighted by atomic mass is 9.87. The van der Waals surface area contributed by atoms with Gasteiger partial charge in [0.2, 0.25) is 5.91 Å². The molecule has 0 aliphatic carbocycles. The molecule has 1 spiro atoms. The predicted octanol–water partition coefficient (Wildman–Crippen LogP) is 0.978. The maximum absolute atomic E-state index is 12.5. The third kappa shape index (κ3) is 2.90. The lowest BCUT2D eigenvalue weighted by molar-refractivity contribution is -0.155. The van der Waals surface area contributed by atoms with Gasteiger partial charge in [-0.15, -0.1) is 0 Å². The fourth-order valence-corrected chi connectivity index (χ4v) is 3.60. The SMILES string of the molecule is CCc1nccn1CCC(=O)N1CC[C@H](O)[C@]2(CCCO2)C1. The van der Waals surface area contributed by atoms with Crippen molar-refractivity contribution in [2.45, 2.75) is 57.3 Å². The monoisotopic (exact) mass is 307 g/mol. The zero-order valence-electron chi connectivity index (χ0n) is 13.2. The lowest BCUT2D eigenvalue weighted by Crippen LogP contribution is -2.57. The molecule has 2 atom stereocenters. The van der Waals surface area contributed by atoms with Gasteiger partial charge in [-0.25, -0.2) is 4.98 Å². The molecule has 2 aliphatic rings. The number of nitrogens with zero attached hydrogens (tertiary/aromatic N) is 3. The van der Waals surface area contributed by atoms with E-state index in [-0.39, 0.29) is 5.91 Å². The van der Waals surface area contributed by atoms with Crippen LogP contribution in [0.1, 0.15) is 38.4 Å². The van der Waals surface area contributed by atoms with Crippen LogP contribution in [-0.2, 0) is 22.5 Å². The summed E-state index contributed by atoms with van der Waals surface area (Å²) in [4.78, 5) is 18.6. The Balaban J connectivity index is 1.58. The van der Waals surface area contributed by atoms with Crippen LogP contribution in [0.2, 0.25) is 0 Å². The summed E-state index contributed by atoms with van der Waals surface area (Å²) in [5, 5.41) is 10.2. The molecule has 2 fully saturated rings. The molecule has 0 saturated carbocycles. The van der Waals surface area contributed by atoms with E-state index < -0.39 is 11.7 Å². The van der Waals surface area contributed by atoms with Crippen molar-refractivity contribution in [1.82, 2.24) is 14.5 Å². The average molecular weight is 307 g/mol. The number of hydrogen-bond donors (Lipinski definition) is 1. The van der Waals surface area contributed by atoms with E-state index in [0.717, 1.165) is 25.1 Å². The summed E-state index contributed by atoms with van der Waals surface area (Å²) < 4.78 is 7.84. The molecule has 1 aromatic rings. The number of carbonyl (C=O) groups excluding carboxylic acids is 1. The van der Waals surface area contributed by atoms with Crippen molar-refractivity contribution >= 4 is 5.91 Å². The molecular formula is C16H25N3O3. The Morgan fingerprint density at radius 1 is 1.59 bits per heavy atom. The van der Waals surface area contributed by atoms with Crippen LogP contribution >= 0.6 is 0 Å². The Labute approximate surface area is 131 Å². The minimum atomic E-state index is -0.516. The fourth-order valence-electron chi connectivity index (χ4n) is 3.60. The van der Waals surface area contributed by atoms with Gasteiger partial charge in [0, 0.05) is 44.9 Å². The summed E-state index contributed by atoms with van der Waals surface area (Å²) in [6, 6.07) is 0. The minimum Gasteiger partial charge on any atom is -0.390 e. The molecule has 1 amide bonds. The summed E-state index contributed by atoms with van der Waals surface area (Å²) in [6.07, 6.45) is 7.02. The third-order valence-electron chi connectivity index (χ3n) is 4.91. The third-order valence-corrected chi connectivity index (χ3v) is 4.91. The first-order valence-corrected chi connectivity index (χ1v) is 8.24. The first kappa shape index (κ1) is 15.5. The number of aliphatic hydroxyl groups excluding tert-OH is 1. The number of amides is 1. The number of aliphatic hydroxyl groups is 1. The molecule has 2 aliphatic heterocycles. The highest BCUT2D eigenvalue weighted by atomic mass is 16.5. The summed E-state index contributed by atoms with van der Waals surface area (Å²) in [6.45, 7) is 4.56. The highest BCUT2D eigenvalue weighted by Crippen LogP contribution is 2.34. The molecule has 6 nitrogen and oxygen atoms in total. The largest absolute Gasteiger partial charge is 0.390 e. The number of likely N-dealkylation sites (tertiary alicyclic amines) is 1. The molecular weight excluding hydrogens is 282 g/mol. The van der Waals surface area contributed by atoms with E-state index >= 15 is 0 Å². The van der Waals surface area contributed by atoms with Crippen molar-refractivity contribution in [3.63, 3.8) is 0 Å². The molecule has 0 bridgehead atoms. The number of piperidine rings is 1. The number of hydrogen-bond acceptors (Lipinski definition) is 4. The average Bonchev–Trinajstić information content (AvgIpc) is 3.17. The van der Waals surface area contributed by atoms with Gasteiger partial charge in [0.05, 0.1) is 12.6 Å². The molecule has 122 valence electrons. The minimum absolute atomic E-state index is 0.137. The number of aryl methyl sites for hydroxylation is 2. The van der Waals surface area contributed by atoms with E-state index in [1.54, 1.807) is 6.20 Å². The van der Waals surface area contributed by atoms with Gasteiger partial charge in [0.15, 0.2) is 0 Å². The van der Waals surface area contributed by atoms with Crippen LogP contribution in [0.5, 0.6) is 0 Å². The Morgan fingerprint density at radius 2 is 2.45 bits per heavy atom. The van der Waals surface area contributed by atoms with Gasteiger partial charge >= 0.3 is 0 Å². The molecule has 3 rings (SSSR count). The molecule has 2 saturated heterocycles. The number of imidazole rings is 1. The van der Waals surface area contributed by atoms with Gasteiger partial charge in [-0.2, -0.15) is 0 Å². The zero-order chi connectivity index (χ0) is 15.6. The highest BCUT2D eigenvalue weighted by molar-refractivity contribution is 5.76. The molecule has 3 heterocycles. The van der Waals surface area contributed by atoms with Crippen LogP contribution in [0.3, 0.4) is 0 Å². The molecule has 0 aromatic carbocycles. The van der Waals surface area contributed by atoms with E-state index in [4.69, 9.17) is 4.74 Å². The van der Waals surface area contributed by atoms with Crippen LogP contribution in [0.15, 0.2) is 12.4 Å². The van der Waals surface area contributed by atoms with E-state index in [0.29, 0.717) is 39.1 Å². The Hall–Kier alpha value is -1.40. The Morgan fingerprint density at radius 3 is 3.18 bits per heavy atom. The summed E-state index contributed by atoms with van der Waals surface area (Å²) in [5.41, 5.74) is -0.516. The van der Waals surface area contributed by atoms with Gasteiger partial charge in [-0.1, -0.05) is 6.92 Å². The quantitative estimate of drug-likeness (QED) is 0.900. The van der Waals surface area contributed by atoms with E-state index in [1.165, 1.54) is 0 Å². The van der Waals surface area contributed by atoms with Crippen molar-refractivity contribution in [3.8, 4) is 0 Å². The maximum Gasteiger partial charge on any atom is 0.224 e. The summed E-state index contributed by atoms with van der Waals surface area (Å²) in [5.74, 6) is 1.15. The molecule has 0 unspecified atom stereocenters. The number of carbonyl (C=O) groups is 1. The zero-order valence-corrected chi connectivity index (χ0v) is 13.2. The van der Waals surface area contributed by atoms with E-state index in [2.05, 4.69) is 11.9 Å². The van der Waals surface area contributed by atoms with Gasteiger partial charge in [-0.05, 0) is 19.3 Å². The fraction of sp³-hybridized carbons (Fsp3) is 0.750. The molecule has 22 heavy (non-hydrogen) atoms. The first-order chi connectivity index (χ1) is 10.6. The predicted molar refractivity (Wildman–Crippen MR) is 81.3 cm³/mol. The topological polar surface area (TPSA) is 67.6 Å². The second kappa shape index (κ2) is 6.38. The Kier molecular flexibility index (Phi) is 4.49. The van der Waals surface area contributed by atoms with Crippen molar-refractivity contribution in [2.75, 3.05) is 19.7 Å². The highest BCUT2D eigenvalue weighted by Gasteiger charge is 2.46.